The van der Waals surface area contributed by atoms with Gasteiger partial charge in [-0.2, -0.15) is 0 Å². The SMILES string of the molecule is CC\C=C/C=C\C=C/CCCCCCCC(=O)OC(COC(=O)CCC/C=C\CCCCCC)COC(=O)CCCCCCCCCCCCCCCC. The number of rotatable bonds is 40. The summed E-state index contributed by atoms with van der Waals surface area (Å²) in [6.07, 6.45) is 49.6. The van der Waals surface area contributed by atoms with Crippen LogP contribution < -0.4 is 0 Å². The molecule has 6 nitrogen and oxygen atoms in total. The van der Waals surface area contributed by atoms with Crippen LogP contribution in [0.1, 0.15) is 220 Å². The molecule has 0 bridgehead atoms. The summed E-state index contributed by atoms with van der Waals surface area (Å²) in [6.45, 7) is 6.42. The zero-order valence-corrected chi connectivity index (χ0v) is 35.5. The Bertz CT molecular complexity index is 964. The minimum Gasteiger partial charge on any atom is -0.462 e. The van der Waals surface area contributed by atoms with Gasteiger partial charge in [-0.05, 0) is 57.8 Å². The summed E-state index contributed by atoms with van der Waals surface area (Å²) in [6, 6.07) is 0. The first-order valence-electron chi connectivity index (χ1n) is 22.7. The summed E-state index contributed by atoms with van der Waals surface area (Å²) < 4.78 is 16.6. The number of ether oxygens (including phenoxy) is 3. The fourth-order valence-electron chi connectivity index (χ4n) is 6.21. The molecule has 0 heterocycles. The molecule has 0 rings (SSSR count). The molecule has 0 saturated heterocycles. The van der Waals surface area contributed by atoms with Crippen LogP contribution in [0.3, 0.4) is 0 Å². The van der Waals surface area contributed by atoms with E-state index in [0.717, 1.165) is 77.0 Å². The number of hydrogen-bond donors (Lipinski definition) is 0. The van der Waals surface area contributed by atoms with Gasteiger partial charge in [0.05, 0.1) is 0 Å². The zero-order chi connectivity index (χ0) is 39.4. The highest BCUT2D eigenvalue weighted by molar-refractivity contribution is 5.71. The van der Waals surface area contributed by atoms with Gasteiger partial charge in [-0.1, -0.05) is 191 Å². The van der Waals surface area contributed by atoms with E-state index < -0.39 is 6.10 Å². The van der Waals surface area contributed by atoms with Crippen molar-refractivity contribution in [3.05, 3.63) is 48.6 Å². The lowest BCUT2D eigenvalue weighted by Gasteiger charge is -2.18. The Morgan fingerprint density at radius 2 is 0.759 bits per heavy atom. The van der Waals surface area contributed by atoms with Crippen molar-refractivity contribution < 1.29 is 28.6 Å². The Balaban J connectivity index is 4.39. The number of esters is 3. The summed E-state index contributed by atoms with van der Waals surface area (Å²) in [5.41, 5.74) is 0. The maximum Gasteiger partial charge on any atom is 0.306 e. The van der Waals surface area contributed by atoms with E-state index in [1.807, 2.05) is 0 Å². The second-order valence-corrected chi connectivity index (χ2v) is 15.0. The van der Waals surface area contributed by atoms with Crippen molar-refractivity contribution in [1.29, 1.82) is 0 Å². The summed E-state index contributed by atoms with van der Waals surface area (Å²) in [7, 11) is 0. The first-order valence-corrected chi connectivity index (χ1v) is 22.7. The molecule has 1 atom stereocenters. The molecule has 0 aliphatic carbocycles. The number of allylic oxidation sites excluding steroid dienone is 8. The summed E-state index contributed by atoms with van der Waals surface area (Å²) in [5, 5.41) is 0. The van der Waals surface area contributed by atoms with Gasteiger partial charge in [0.15, 0.2) is 6.10 Å². The van der Waals surface area contributed by atoms with Crippen molar-refractivity contribution in [3.63, 3.8) is 0 Å². The van der Waals surface area contributed by atoms with Gasteiger partial charge in [-0.25, -0.2) is 0 Å². The third-order valence-corrected chi connectivity index (χ3v) is 9.63. The van der Waals surface area contributed by atoms with Crippen molar-refractivity contribution in [2.45, 2.75) is 226 Å². The van der Waals surface area contributed by atoms with Crippen LogP contribution in [0, 0.1) is 0 Å². The lowest BCUT2D eigenvalue weighted by atomic mass is 10.0. The zero-order valence-electron chi connectivity index (χ0n) is 35.5. The van der Waals surface area contributed by atoms with Crippen LogP contribution in [0.2, 0.25) is 0 Å². The fraction of sp³-hybridized carbons (Fsp3) is 0.771. The Morgan fingerprint density at radius 1 is 0.389 bits per heavy atom. The van der Waals surface area contributed by atoms with Crippen LogP contribution in [0.5, 0.6) is 0 Å². The molecule has 0 N–H and O–H groups in total. The molecule has 0 aliphatic heterocycles. The molecule has 0 aromatic heterocycles. The Labute approximate surface area is 333 Å². The van der Waals surface area contributed by atoms with Gasteiger partial charge in [0, 0.05) is 19.3 Å². The van der Waals surface area contributed by atoms with Crippen LogP contribution in [0.4, 0.5) is 0 Å². The predicted octanol–water partition coefficient (Wildman–Crippen LogP) is 14.4. The van der Waals surface area contributed by atoms with E-state index in [2.05, 4.69) is 69.4 Å². The molecule has 0 aromatic rings. The van der Waals surface area contributed by atoms with E-state index in [0.29, 0.717) is 25.7 Å². The van der Waals surface area contributed by atoms with Gasteiger partial charge < -0.3 is 14.2 Å². The molecular formula is C48H84O6. The first-order chi connectivity index (χ1) is 26.5. The second-order valence-electron chi connectivity index (χ2n) is 15.0. The predicted molar refractivity (Wildman–Crippen MR) is 229 cm³/mol. The highest BCUT2D eigenvalue weighted by Gasteiger charge is 2.19. The van der Waals surface area contributed by atoms with Gasteiger partial charge in [0.1, 0.15) is 13.2 Å². The number of unbranched alkanes of at least 4 members (excludes halogenated alkanes) is 23. The van der Waals surface area contributed by atoms with Gasteiger partial charge in [-0.3, -0.25) is 14.4 Å². The molecule has 1 unspecified atom stereocenters. The minimum atomic E-state index is -0.789. The van der Waals surface area contributed by atoms with Crippen molar-refractivity contribution in [3.8, 4) is 0 Å². The number of carbonyl (C=O) groups excluding carboxylic acids is 3. The van der Waals surface area contributed by atoms with Gasteiger partial charge in [0.2, 0.25) is 0 Å². The molecule has 6 heteroatoms. The van der Waals surface area contributed by atoms with Crippen LogP contribution in [0.15, 0.2) is 48.6 Å². The van der Waals surface area contributed by atoms with Crippen LogP contribution >= 0.6 is 0 Å². The molecule has 0 fully saturated rings. The van der Waals surface area contributed by atoms with E-state index in [1.54, 1.807) is 0 Å². The van der Waals surface area contributed by atoms with Gasteiger partial charge >= 0.3 is 17.9 Å². The molecule has 54 heavy (non-hydrogen) atoms. The Kier molecular flexibility index (Phi) is 41.0. The maximum absolute atomic E-state index is 12.7. The monoisotopic (exact) mass is 757 g/mol. The quantitative estimate of drug-likeness (QED) is 0.0204. The number of hydrogen-bond acceptors (Lipinski definition) is 6. The second kappa shape index (κ2) is 43.1. The fourth-order valence-corrected chi connectivity index (χ4v) is 6.21. The molecule has 0 amide bonds. The Morgan fingerprint density at radius 3 is 1.26 bits per heavy atom. The summed E-state index contributed by atoms with van der Waals surface area (Å²) >= 11 is 0. The van der Waals surface area contributed by atoms with E-state index in [4.69, 9.17) is 14.2 Å². The standard InChI is InChI=1S/C48H84O6/c1-4-7-10-13-16-19-21-23-25-26-29-32-35-38-41-47(50)53-44-45(43-52-46(49)40-37-34-31-28-18-15-12-9-6-3)54-48(51)42-39-36-33-30-27-24-22-20-17-14-11-8-5-2/h8,11,14,17,20,22,28,31,45H,4-7,9-10,12-13,15-16,18-19,21,23-27,29-30,32-44H2,1-3H3/b11-8-,17-14-,22-20-,31-28-. The largest absolute Gasteiger partial charge is 0.462 e. The average Bonchev–Trinajstić information content (AvgIpc) is 3.17. The van der Waals surface area contributed by atoms with Crippen molar-refractivity contribution in [2.24, 2.45) is 0 Å². The smallest absolute Gasteiger partial charge is 0.306 e. The maximum atomic E-state index is 12.7. The van der Waals surface area contributed by atoms with E-state index in [-0.39, 0.29) is 31.1 Å². The molecular weight excluding hydrogens is 673 g/mol. The number of carbonyl (C=O) groups is 3. The first kappa shape index (κ1) is 51.4. The lowest BCUT2D eigenvalue weighted by molar-refractivity contribution is -0.167. The van der Waals surface area contributed by atoms with Crippen LogP contribution in [0.25, 0.3) is 0 Å². The van der Waals surface area contributed by atoms with E-state index >= 15 is 0 Å². The highest BCUT2D eigenvalue weighted by atomic mass is 16.6. The third kappa shape index (κ3) is 40.6. The van der Waals surface area contributed by atoms with Crippen LogP contribution in [-0.2, 0) is 28.6 Å². The molecule has 312 valence electrons. The topological polar surface area (TPSA) is 78.9 Å². The van der Waals surface area contributed by atoms with Gasteiger partial charge in [0.25, 0.3) is 0 Å². The van der Waals surface area contributed by atoms with Crippen molar-refractivity contribution >= 4 is 17.9 Å². The van der Waals surface area contributed by atoms with Crippen molar-refractivity contribution in [1.82, 2.24) is 0 Å². The molecule has 0 radical (unpaired) electrons. The van der Waals surface area contributed by atoms with Crippen LogP contribution in [-0.4, -0.2) is 37.2 Å². The van der Waals surface area contributed by atoms with Crippen molar-refractivity contribution in [2.75, 3.05) is 13.2 Å². The molecule has 0 aliphatic rings. The minimum absolute atomic E-state index is 0.0885. The van der Waals surface area contributed by atoms with E-state index in [9.17, 15) is 14.4 Å². The molecule has 0 saturated carbocycles. The summed E-state index contributed by atoms with van der Waals surface area (Å²) in [5.74, 6) is -0.947. The lowest BCUT2D eigenvalue weighted by Crippen LogP contribution is -2.30. The third-order valence-electron chi connectivity index (χ3n) is 9.63. The summed E-state index contributed by atoms with van der Waals surface area (Å²) in [4.78, 5) is 37.6. The molecule has 0 aromatic carbocycles. The van der Waals surface area contributed by atoms with E-state index in [1.165, 1.54) is 96.3 Å². The highest BCUT2D eigenvalue weighted by Crippen LogP contribution is 2.14. The molecule has 0 spiro atoms. The Hall–Kier alpha value is -2.63. The average molecular weight is 757 g/mol. The van der Waals surface area contributed by atoms with Gasteiger partial charge in [-0.15, -0.1) is 0 Å². The normalized spacial score (nSPS) is 12.4.